The van der Waals surface area contributed by atoms with Crippen molar-refractivity contribution in [2.75, 3.05) is 74.8 Å². The Kier molecular flexibility index (Phi) is 8.32. The van der Waals surface area contributed by atoms with E-state index < -0.39 is 0 Å². The summed E-state index contributed by atoms with van der Waals surface area (Å²) >= 11 is 0. The van der Waals surface area contributed by atoms with Crippen LogP contribution in [-0.2, 0) is 4.84 Å². The van der Waals surface area contributed by atoms with Crippen LogP contribution in [0.4, 0.5) is 23.0 Å². The molecule has 9 nitrogen and oxygen atoms in total. The third kappa shape index (κ3) is 6.01. The zero-order valence-corrected chi connectivity index (χ0v) is 23.7. The van der Waals surface area contributed by atoms with Crippen molar-refractivity contribution in [1.29, 1.82) is 0 Å². The smallest absolute Gasteiger partial charge is 0.158 e. The van der Waals surface area contributed by atoms with Crippen molar-refractivity contribution in [3.8, 4) is 5.75 Å². The lowest BCUT2D eigenvalue weighted by molar-refractivity contribution is 0.0982. The first-order chi connectivity index (χ1) is 19.7. The van der Waals surface area contributed by atoms with Gasteiger partial charge < -0.3 is 19.9 Å². The molecule has 3 aliphatic rings. The zero-order chi connectivity index (χ0) is 27.3. The minimum atomic E-state index is 0.127. The molecule has 0 amide bonds. The van der Waals surface area contributed by atoms with E-state index in [1.807, 2.05) is 24.1 Å². The number of piperazine rings is 1. The number of hydrogen-bond donors (Lipinski definition) is 1. The first-order valence-electron chi connectivity index (χ1n) is 14.7. The van der Waals surface area contributed by atoms with Crippen molar-refractivity contribution < 1.29 is 9.57 Å². The molecule has 1 N–H and O–H groups in total. The number of anilines is 4. The van der Waals surface area contributed by atoms with Crippen LogP contribution >= 0.6 is 0 Å². The van der Waals surface area contributed by atoms with Gasteiger partial charge in [-0.25, -0.2) is 15.0 Å². The van der Waals surface area contributed by atoms with E-state index in [4.69, 9.17) is 9.57 Å². The van der Waals surface area contributed by atoms with E-state index in [-0.39, 0.29) is 6.04 Å². The second kappa shape index (κ2) is 12.4. The van der Waals surface area contributed by atoms with Crippen LogP contribution in [0.3, 0.4) is 0 Å². The standard InChI is InChI=1S/C31H41N7O2/c1-3-39-29-21-26(36-14-11-25(12-15-36)37-18-16-35(2)17-19-37)9-10-27(29)34-30-22-31(33-23-32-30)38-28(13-20-40-38)24-7-5-4-6-8-24/h4-10,21-23,25,28H,3,11-20H2,1-2H3,(H,32,33,34). The molecular weight excluding hydrogens is 502 g/mol. The van der Waals surface area contributed by atoms with E-state index in [9.17, 15) is 0 Å². The Hall–Kier alpha value is -3.40. The Morgan fingerprint density at radius 1 is 0.925 bits per heavy atom. The molecule has 1 unspecified atom stereocenters. The van der Waals surface area contributed by atoms with E-state index in [1.165, 1.54) is 50.3 Å². The van der Waals surface area contributed by atoms with Crippen molar-refractivity contribution in [3.63, 3.8) is 0 Å². The van der Waals surface area contributed by atoms with Crippen LogP contribution in [0.25, 0.3) is 0 Å². The van der Waals surface area contributed by atoms with Gasteiger partial charge in [0.1, 0.15) is 17.9 Å². The van der Waals surface area contributed by atoms with Gasteiger partial charge in [0.25, 0.3) is 0 Å². The number of nitrogens with zero attached hydrogens (tertiary/aromatic N) is 6. The second-order valence-electron chi connectivity index (χ2n) is 10.9. The molecule has 40 heavy (non-hydrogen) atoms. The van der Waals surface area contributed by atoms with Crippen molar-refractivity contribution in [2.45, 2.75) is 38.3 Å². The highest BCUT2D eigenvalue weighted by Gasteiger charge is 2.29. The molecule has 2 aromatic carbocycles. The Labute approximate surface area is 237 Å². The number of rotatable bonds is 8. The molecule has 3 fully saturated rings. The highest BCUT2D eigenvalue weighted by Crippen LogP contribution is 2.36. The summed E-state index contributed by atoms with van der Waals surface area (Å²) in [7, 11) is 2.22. The zero-order valence-electron chi connectivity index (χ0n) is 23.7. The van der Waals surface area contributed by atoms with Crippen molar-refractivity contribution in [1.82, 2.24) is 19.8 Å². The number of benzene rings is 2. The van der Waals surface area contributed by atoms with Crippen molar-refractivity contribution in [2.24, 2.45) is 0 Å². The maximum absolute atomic E-state index is 6.09. The van der Waals surface area contributed by atoms with Gasteiger partial charge in [-0.2, -0.15) is 0 Å². The quantitative estimate of drug-likeness (QED) is 0.435. The average Bonchev–Trinajstić information content (AvgIpc) is 3.50. The van der Waals surface area contributed by atoms with Crippen LogP contribution in [0.2, 0.25) is 0 Å². The summed E-state index contributed by atoms with van der Waals surface area (Å²) in [5.74, 6) is 2.27. The van der Waals surface area contributed by atoms with Crippen molar-refractivity contribution in [3.05, 3.63) is 66.5 Å². The van der Waals surface area contributed by atoms with E-state index in [0.717, 1.165) is 36.8 Å². The molecule has 3 aromatic rings. The van der Waals surface area contributed by atoms with Crippen LogP contribution in [0.15, 0.2) is 60.9 Å². The number of aromatic nitrogens is 2. The normalized spacial score (nSPS) is 21.1. The molecule has 0 spiro atoms. The number of likely N-dealkylation sites (N-methyl/N-ethyl adjacent to an activating group) is 1. The van der Waals surface area contributed by atoms with Gasteiger partial charge in [0.15, 0.2) is 5.82 Å². The maximum Gasteiger partial charge on any atom is 0.158 e. The van der Waals surface area contributed by atoms with Gasteiger partial charge in [0.2, 0.25) is 0 Å². The molecule has 0 aliphatic carbocycles. The van der Waals surface area contributed by atoms with Gasteiger partial charge in [0, 0.05) is 69.6 Å². The van der Waals surface area contributed by atoms with Crippen LogP contribution < -0.4 is 20.0 Å². The highest BCUT2D eigenvalue weighted by molar-refractivity contribution is 5.70. The average molecular weight is 544 g/mol. The Bertz CT molecular complexity index is 1240. The van der Waals surface area contributed by atoms with Crippen LogP contribution in [-0.4, -0.2) is 85.3 Å². The lowest BCUT2D eigenvalue weighted by atomic mass is 10.0. The fourth-order valence-corrected chi connectivity index (χ4v) is 6.11. The molecule has 4 heterocycles. The van der Waals surface area contributed by atoms with Crippen LogP contribution in [0.1, 0.15) is 37.8 Å². The monoisotopic (exact) mass is 543 g/mol. The number of piperidine rings is 1. The lowest BCUT2D eigenvalue weighted by Crippen LogP contribution is -2.52. The molecule has 212 valence electrons. The largest absolute Gasteiger partial charge is 0.492 e. The Balaban J connectivity index is 1.13. The van der Waals surface area contributed by atoms with Gasteiger partial charge in [-0.3, -0.25) is 9.74 Å². The molecule has 1 atom stereocenters. The SMILES string of the molecule is CCOc1cc(N2CCC(N3CCN(C)CC3)CC2)ccc1Nc1cc(N2OCCC2c2ccccc2)ncn1. The van der Waals surface area contributed by atoms with E-state index in [1.54, 1.807) is 6.33 Å². The minimum Gasteiger partial charge on any atom is -0.492 e. The van der Waals surface area contributed by atoms with Gasteiger partial charge in [0.05, 0.1) is 24.9 Å². The van der Waals surface area contributed by atoms with Gasteiger partial charge in [-0.15, -0.1) is 0 Å². The number of ether oxygens (including phenoxy) is 1. The lowest BCUT2D eigenvalue weighted by Gasteiger charge is -2.42. The molecule has 3 aliphatic heterocycles. The maximum atomic E-state index is 6.09. The molecule has 3 saturated heterocycles. The summed E-state index contributed by atoms with van der Waals surface area (Å²) in [6.07, 6.45) is 4.92. The Morgan fingerprint density at radius 3 is 2.50 bits per heavy atom. The highest BCUT2D eigenvalue weighted by atomic mass is 16.7. The predicted octanol–water partition coefficient (Wildman–Crippen LogP) is 4.72. The van der Waals surface area contributed by atoms with Crippen molar-refractivity contribution >= 4 is 23.0 Å². The summed E-state index contributed by atoms with van der Waals surface area (Å²) in [6.45, 7) is 10.2. The number of hydroxylamine groups is 1. The van der Waals surface area contributed by atoms with Gasteiger partial charge in [-0.1, -0.05) is 30.3 Å². The topological polar surface area (TPSA) is 69.2 Å². The van der Waals surface area contributed by atoms with Gasteiger partial charge >= 0.3 is 0 Å². The summed E-state index contributed by atoms with van der Waals surface area (Å²) < 4.78 is 6.09. The fraction of sp³-hybridized carbons (Fsp3) is 0.484. The third-order valence-electron chi connectivity index (χ3n) is 8.38. The van der Waals surface area contributed by atoms with Crippen LogP contribution in [0, 0.1) is 0 Å². The van der Waals surface area contributed by atoms with Crippen LogP contribution in [0.5, 0.6) is 5.75 Å². The summed E-state index contributed by atoms with van der Waals surface area (Å²) in [4.78, 5) is 22.6. The second-order valence-corrected chi connectivity index (χ2v) is 10.9. The minimum absolute atomic E-state index is 0.127. The fourth-order valence-electron chi connectivity index (χ4n) is 6.11. The third-order valence-corrected chi connectivity index (χ3v) is 8.38. The molecule has 0 bridgehead atoms. The summed E-state index contributed by atoms with van der Waals surface area (Å²) in [6, 6.07) is 19.7. The molecule has 1 aromatic heterocycles. The van der Waals surface area contributed by atoms with E-state index in [0.29, 0.717) is 25.1 Å². The first-order valence-corrected chi connectivity index (χ1v) is 14.7. The van der Waals surface area contributed by atoms with Gasteiger partial charge in [-0.05, 0) is 44.5 Å². The molecule has 6 rings (SSSR count). The van der Waals surface area contributed by atoms with E-state index in [2.05, 4.69) is 79.5 Å². The Morgan fingerprint density at radius 2 is 1.73 bits per heavy atom. The van der Waals surface area contributed by atoms with E-state index >= 15 is 0 Å². The molecule has 9 heteroatoms. The first kappa shape index (κ1) is 26.8. The molecule has 0 saturated carbocycles. The summed E-state index contributed by atoms with van der Waals surface area (Å²) in [5.41, 5.74) is 3.32. The number of nitrogens with one attached hydrogen (secondary N) is 1. The predicted molar refractivity (Wildman–Crippen MR) is 159 cm³/mol. The molecular formula is C31H41N7O2. The molecule has 0 radical (unpaired) electrons. The number of hydrogen-bond acceptors (Lipinski definition) is 9. The summed E-state index contributed by atoms with van der Waals surface area (Å²) in [5, 5.41) is 5.38.